The number of rotatable bonds is 1. The molecule has 84 valence electrons. The molecule has 0 atom stereocenters. The third-order valence-electron chi connectivity index (χ3n) is 2.96. The van der Waals surface area contributed by atoms with Crippen LogP contribution in [0.5, 0.6) is 0 Å². The lowest BCUT2D eigenvalue weighted by molar-refractivity contribution is 0.570. The first-order valence-corrected chi connectivity index (χ1v) is 5.60. The Balaban J connectivity index is 1.97. The van der Waals surface area contributed by atoms with Gasteiger partial charge in [-0.3, -0.25) is 0 Å². The van der Waals surface area contributed by atoms with Gasteiger partial charge in [0.25, 0.3) is 0 Å². The SMILES string of the molecule is Fc1ccc2[nH]c(N3CCCCC3)nc2n1. The fraction of sp³-hybridized carbons (Fsp3) is 0.455. The molecule has 1 saturated heterocycles. The minimum absolute atomic E-state index is 0.459. The van der Waals surface area contributed by atoms with Crippen molar-refractivity contribution in [2.24, 2.45) is 0 Å². The number of imidazole rings is 1. The third-order valence-corrected chi connectivity index (χ3v) is 2.96. The summed E-state index contributed by atoms with van der Waals surface area (Å²) in [6, 6.07) is 3.03. The van der Waals surface area contributed by atoms with Crippen LogP contribution >= 0.6 is 0 Å². The van der Waals surface area contributed by atoms with Gasteiger partial charge in [-0.05, 0) is 31.4 Å². The Bertz CT molecular complexity index is 502. The molecule has 0 aromatic carbocycles. The lowest BCUT2D eigenvalue weighted by Crippen LogP contribution is -2.30. The highest BCUT2D eigenvalue weighted by Gasteiger charge is 2.14. The van der Waals surface area contributed by atoms with E-state index >= 15 is 0 Å². The molecule has 0 aliphatic carbocycles. The topological polar surface area (TPSA) is 44.8 Å². The van der Waals surface area contributed by atoms with Crippen molar-refractivity contribution in [2.45, 2.75) is 19.3 Å². The molecule has 0 amide bonds. The molecule has 2 aromatic heterocycles. The second-order valence-corrected chi connectivity index (χ2v) is 4.11. The Hall–Kier alpha value is -1.65. The monoisotopic (exact) mass is 220 g/mol. The lowest BCUT2D eigenvalue weighted by atomic mass is 10.1. The molecule has 0 radical (unpaired) electrons. The zero-order chi connectivity index (χ0) is 11.0. The van der Waals surface area contributed by atoms with Gasteiger partial charge in [0.05, 0.1) is 5.52 Å². The van der Waals surface area contributed by atoms with Crippen molar-refractivity contribution in [1.82, 2.24) is 15.0 Å². The predicted octanol–water partition coefficient (Wildman–Crippen LogP) is 2.09. The Morgan fingerprint density at radius 3 is 2.75 bits per heavy atom. The van der Waals surface area contributed by atoms with Crippen LogP contribution in [-0.4, -0.2) is 28.0 Å². The quantitative estimate of drug-likeness (QED) is 0.748. The van der Waals surface area contributed by atoms with Crippen LogP contribution in [0.15, 0.2) is 12.1 Å². The minimum atomic E-state index is -0.482. The fourth-order valence-electron chi connectivity index (χ4n) is 2.11. The maximum atomic E-state index is 12.9. The highest BCUT2D eigenvalue weighted by Crippen LogP contribution is 2.19. The third kappa shape index (κ3) is 1.62. The van der Waals surface area contributed by atoms with E-state index in [4.69, 9.17) is 0 Å². The summed E-state index contributed by atoms with van der Waals surface area (Å²) in [5.41, 5.74) is 1.25. The molecule has 0 saturated carbocycles. The van der Waals surface area contributed by atoms with Crippen LogP contribution in [0.4, 0.5) is 10.3 Å². The van der Waals surface area contributed by atoms with Gasteiger partial charge in [-0.1, -0.05) is 0 Å². The van der Waals surface area contributed by atoms with Gasteiger partial charge in [0.1, 0.15) is 0 Å². The Kier molecular flexibility index (Phi) is 2.23. The van der Waals surface area contributed by atoms with Crippen molar-refractivity contribution < 1.29 is 4.39 Å². The number of hydrogen-bond donors (Lipinski definition) is 1. The number of piperidine rings is 1. The van der Waals surface area contributed by atoms with E-state index in [0.29, 0.717) is 5.65 Å². The van der Waals surface area contributed by atoms with Gasteiger partial charge < -0.3 is 9.88 Å². The predicted molar refractivity (Wildman–Crippen MR) is 59.9 cm³/mol. The number of aromatic nitrogens is 3. The molecule has 0 spiro atoms. The highest BCUT2D eigenvalue weighted by molar-refractivity contribution is 5.73. The Morgan fingerprint density at radius 1 is 1.12 bits per heavy atom. The number of halogens is 1. The van der Waals surface area contributed by atoms with Gasteiger partial charge >= 0.3 is 0 Å². The first-order chi connectivity index (χ1) is 7.83. The summed E-state index contributed by atoms with van der Waals surface area (Å²) < 4.78 is 12.9. The highest BCUT2D eigenvalue weighted by atomic mass is 19.1. The van der Waals surface area contributed by atoms with Crippen LogP contribution in [0.2, 0.25) is 0 Å². The van der Waals surface area contributed by atoms with E-state index in [1.807, 2.05) is 0 Å². The summed E-state index contributed by atoms with van der Waals surface area (Å²) in [4.78, 5) is 13.4. The van der Waals surface area contributed by atoms with Crippen molar-refractivity contribution in [3.05, 3.63) is 18.1 Å². The smallest absolute Gasteiger partial charge is 0.215 e. The second kappa shape index (κ2) is 3.73. The van der Waals surface area contributed by atoms with Crippen molar-refractivity contribution in [1.29, 1.82) is 0 Å². The molecule has 0 unspecified atom stereocenters. The van der Waals surface area contributed by atoms with Gasteiger partial charge in [-0.25, -0.2) is 0 Å². The molecular formula is C11H13FN4. The number of anilines is 1. The molecule has 16 heavy (non-hydrogen) atoms. The molecule has 4 nitrogen and oxygen atoms in total. The van der Waals surface area contributed by atoms with E-state index in [-0.39, 0.29) is 0 Å². The van der Waals surface area contributed by atoms with Gasteiger partial charge in [0.15, 0.2) is 5.65 Å². The van der Waals surface area contributed by atoms with Crippen LogP contribution in [0, 0.1) is 5.95 Å². The van der Waals surface area contributed by atoms with E-state index < -0.39 is 5.95 Å². The minimum Gasteiger partial charge on any atom is -0.342 e. The van der Waals surface area contributed by atoms with E-state index in [1.54, 1.807) is 6.07 Å². The van der Waals surface area contributed by atoms with Crippen molar-refractivity contribution >= 4 is 17.1 Å². The van der Waals surface area contributed by atoms with Gasteiger partial charge in [-0.2, -0.15) is 14.4 Å². The molecule has 2 aromatic rings. The van der Waals surface area contributed by atoms with Crippen LogP contribution in [-0.2, 0) is 0 Å². The van der Waals surface area contributed by atoms with Crippen molar-refractivity contribution in [3.8, 4) is 0 Å². The van der Waals surface area contributed by atoms with Gasteiger partial charge in [0.2, 0.25) is 11.9 Å². The standard InChI is InChI=1S/C11H13FN4/c12-9-5-4-8-10(14-9)15-11(13-8)16-6-2-1-3-7-16/h4-5H,1-3,6-7H2,(H,13,14,15). The van der Waals surface area contributed by atoms with Crippen molar-refractivity contribution in [3.63, 3.8) is 0 Å². The van der Waals surface area contributed by atoms with E-state index in [1.165, 1.54) is 25.3 Å². The summed E-state index contributed by atoms with van der Waals surface area (Å²) in [6.45, 7) is 2.03. The first-order valence-electron chi connectivity index (χ1n) is 5.60. The van der Waals surface area contributed by atoms with Crippen LogP contribution in [0.25, 0.3) is 11.2 Å². The summed E-state index contributed by atoms with van der Waals surface area (Å²) in [5, 5.41) is 0. The summed E-state index contributed by atoms with van der Waals surface area (Å²) in [6.07, 6.45) is 3.67. The summed E-state index contributed by atoms with van der Waals surface area (Å²) in [5.74, 6) is 0.331. The zero-order valence-electron chi connectivity index (χ0n) is 8.91. The Labute approximate surface area is 92.5 Å². The fourth-order valence-corrected chi connectivity index (χ4v) is 2.11. The number of aromatic amines is 1. The van der Waals surface area contributed by atoms with E-state index in [2.05, 4.69) is 19.9 Å². The molecule has 3 rings (SSSR count). The number of nitrogens with zero attached hydrogens (tertiary/aromatic N) is 3. The Morgan fingerprint density at radius 2 is 1.94 bits per heavy atom. The maximum Gasteiger partial charge on any atom is 0.215 e. The first kappa shape index (κ1) is 9.57. The molecule has 0 bridgehead atoms. The molecule has 5 heteroatoms. The second-order valence-electron chi connectivity index (χ2n) is 4.11. The summed E-state index contributed by atoms with van der Waals surface area (Å²) >= 11 is 0. The van der Waals surface area contributed by atoms with Crippen molar-refractivity contribution in [2.75, 3.05) is 18.0 Å². The molecular weight excluding hydrogens is 207 g/mol. The van der Waals surface area contributed by atoms with Gasteiger partial charge in [0, 0.05) is 13.1 Å². The van der Waals surface area contributed by atoms with Crippen LogP contribution < -0.4 is 4.90 Å². The normalized spacial score (nSPS) is 16.9. The number of pyridine rings is 1. The number of H-pyrrole nitrogens is 1. The molecule has 1 fully saturated rings. The van der Waals surface area contributed by atoms with E-state index in [0.717, 1.165) is 24.6 Å². The lowest BCUT2D eigenvalue weighted by Gasteiger charge is -2.25. The van der Waals surface area contributed by atoms with E-state index in [9.17, 15) is 4.39 Å². The average Bonchev–Trinajstić information content (AvgIpc) is 2.73. The number of fused-ring (bicyclic) bond motifs is 1. The summed E-state index contributed by atoms with van der Waals surface area (Å²) in [7, 11) is 0. The molecule has 1 aliphatic rings. The largest absolute Gasteiger partial charge is 0.342 e. The molecule has 1 N–H and O–H groups in total. The van der Waals surface area contributed by atoms with Gasteiger partial charge in [-0.15, -0.1) is 0 Å². The maximum absolute atomic E-state index is 12.9. The zero-order valence-corrected chi connectivity index (χ0v) is 8.91. The molecule has 3 heterocycles. The van der Waals surface area contributed by atoms with Crippen LogP contribution in [0.3, 0.4) is 0 Å². The van der Waals surface area contributed by atoms with Crippen LogP contribution in [0.1, 0.15) is 19.3 Å². The number of nitrogens with one attached hydrogen (secondary N) is 1. The molecule has 1 aliphatic heterocycles. The number of hydrogen-bond acceptors (Lipinski definition) is 3. The average molecular weight is 220 g/mol.